The smallest absolute Gasteiger partial charge is 0.332 e. The molecule has 7 radical (unpaired) electrons. The lowest BCUT2D eigenvalue weighted by Crippen LogP contribution is -2.56. The largest absolute Gasteiger partial charge is 0.399 e. The molecule has 1 rings (SSSR count). The highest BCUT2D eigenvalue weighted by molar-refractivity contribution is 6.65. The lowest BCUT2D eigenvalue weighted by atomic mass is 9.82. The summed E-state index contributed by atoms with van der Waals surface area (Å²) in [4.78, 5) is 0. The predicted octanol–water partition coefficient (Wildman–Crippen LogP) is -2.32. The first-order valence-electron chi connectivity index (χ1n) is 2.64. The summed E-state index contributed by atoms with van der Waals surface area (Å²) in [5, 5.41) is 5.70. The van der Waals surface area contributed by atoms with Gasteiger partial charge in [-0.05, 0) is 13.0 Å². The highest BCUT2D eigenvalue weighted by atomic mass is 28.1. The Hall–Kier alpha value is -0.308. The first-order valence-corrected chi connectivity index (χ1v) is 2.64. The molecular formula is C3H5B3N3Si. The molecule has 2 N–H and O–H groups in total. The summed E-state index contributed by atoms with van der Waals surface area (Å²) in [6, 6.07) is 2.81. The fraction of sp³-hybridized carbons (Fsp3) is 0.333. The molecule has 3 nitrogen and oxygen atoms in total. The Kier molecular flexibility index (Phi) is 5.31. The van der Waals surface area contributed by atoms with E-state index in [4.69, 9.17) is 0 Å². The van der Waals surface area contributed by atoms with Crippen LogP contribution in [0.15, 0.2) is 0 Å². The van der Waals surface area contributed by atoms with Crippen LogP contribution in [0, 0.1) is 12.0 Å². The summed E-state index contributed by atoms with van der Waals surface area (Å²) in [6.07, 6.45) is 0. The summed E-state index contributed by atoms with van der Waals surface area (Å²) in [6.45, 7) is 1.79. The van der Waals surface area contributed by atoms with Gasteiger partial charge in [0.25, 0.3) is 7.55 Å². The lowest BCUT2D eigenvalue weighted by molar-refractivity contribution is 0.931. The normalized spacial score (nSPS) is 14.3. The number of nitrogens with one attached hydrogen (secondary N) is 2. The van der Waals surface area contributed by atoms with Crippen molar-refractivity contribution in [2.75, 3.05) is 0 Å². The second-order valence-electron chi connectivity index (χ2n) is 1.50. The maximum Gasteiger partial charge on any atom is 0.332 e. The fourth-order valence-electron chi connectivity index (χ4n) is 0.514. The van der Waals surface area contributed by atoms with Crippen molar-refractivity contribution < 1.29 is 0 Å². The summed E-state index contributed by atoms with van der Waals surface area (Å²) >= 11 is 0. The molecule has 0 unspecified atom stereocenters. The molecule has 0 aromatic carbocycles. The molecule has 0 bridgehead atoms. The highest BCUT2D eigenvalue weighted by Gasteiger charge is 2.09. The summed E-state index contributed by atoms with van der Waals surface area (Å²) < 4.78 is 1.71. The van der Waals surface area contributed by atoms with E-state index in [-0.39, 0.29) is 11.0 Å². The van der Waals surface area contributed by atoms with Gasteiger partial charge in [-0.15, -0.1) is 0 Å². The van der Waals surface area contributed by atoms with Gasteiger partial charge in [0, 0.05) is 11.0 Å². The number of hydrogen-bond donors (Lipinski definition) is 2. The zero-order valence-corrected chi connectivity index (χ0v) is 6.68. The van der Waals surface area contributed by atoms with Gasteiger partial charge in [-0.3, -0.25) is 0 Å². The van der Waals surface area contributed by atoms with Crippen LogP contribution in [-0.4, -0.2) is 38.3 Å². The highest BCUT2D eigenvalue weighted by Crippen LogP contribution is 1.75. The van der Waals surface area contributed by atoms with Gasteiger partial charge in [-0.25, -0.2) is 0 Å². The second kappa shape index (κ2) is 5.47. The van der Waals surface area contributed by atoms with Gasteiger partial charge in [-0.1, -0.05) is 5.92 Å². The number of rotatable bonds is 0. The van der Waals surface area contributed by atoms with Gasteiger partial charge < -0.3 is 15.0 Å². The molecule has 1 aliphatic heterocycles. The maximum absolute atomic E-state index is 2.85. The molecule has 0 amide bonds. The minimum absolute atomic E-state index is 0. The number of hydrogen-bond acceptors (Lipinski definition) is 3. The quantitative estimate of drug-likeness (QED) is 0.295. The maximum atomic E-state index is 2.85. The van der Waals surface area contributed by atoms with Gasteiger partial charge in [0.2, 0.25) is 0 Å². The van der Waals surface area contributed by atoms with Crippen molar-refractivity contribution in [2.24, 2.45) is 0 Å². The van der Waals surface area contributed by atoms with Crippen LogP contribution in [0.2, 0.25) is 0 Å². The Bertz CT molecular complexity index is 138. The Morgan fingerprint density at radius 3 is 2.40 bits per heavy atom. The molecule has 0 aromatic heterocycles. The summed E-state index contributed by atoms with van der Waals surface area (Å²) in [5.74, 6) is 2.76. The molecule has 0 saturated carbocycles. The molecule has 1 fully saturated rings. The van der Waals surface area contributed by atoms with Gasteiger partial charge in [-0.2, -0.15) is 0 Å². The van der Waals surface area contributed by atoms with E-state index in [0.29, 0.717) is 0 Å². The average Bonchev–Trinajstić information content (AvgIpc) is 1.91. The van der Waals surface area contributed by atoms with Crippen molar-refractivity contribution in [3.8, 4) is 12.0 Å². The molecule has 45 valence electrons. The van der Waals surface area contributed by atoms with Gasteiger partial charge in [0.1, 0.15) is 0 Å². The van der Waals surface area contributed by atoms with E-state index in [2.05, 4.69) is 22.2 Å². The number of nitrogens with zero attached hydrogens (tertiary/aromatic N) is 1. The van der Waals surface area contributed by atoms with Crippen molar-refractivity contribution in [1.82, 2.24) is 15.0 Å². The molecule has 0 atom stereocenters. The Labute approximate surface area is 68.2 Å². The Morgan fingerprint density at radius 1 is 1.30 bits per heavy atom. The molecule has 0 spiro atoms. The van der Waals surface area contributed by atoms with E-state index in [1.165, 1.54) is 0 Å². The minimum atomic E-state index is 0. The minimum Gasteiger partial charge on any atom is -0.399 e. The van der Waals surface area contributed by atoms with E-state index >= 15 is 0 Å². The third kappa shape index (κ3) is 3.01. The van der Waals surface area contributed by atoms with Crippen molar-refractivity contribution in [1.29, 1.82) is 0 Å². The molecular weight excluding hydrogens is 139 g/mol. The van der Waals surface area contributed by atoms with E-state index < -0.39 is 0 Å². The monoisotopic (exact) mass is 144 g/mol. The first-order chi connectivity index (χ1) is 4.43. The molecule has 7 heteroatoms. The molecule has 10 heavy (non-hydrogen) atoms. The molecule has 0 aliphatic carbocycles. The zero-order chi connectivity index (χ0) is 6.53. The summed E-state index contributed by atoms with van der Waals surface area (Å²) in [7, 11) is 5.23. The van der Waals surface area contributed by atoms with E-state index in [1.54, 1.807) is 34.3 Å². The fourth-order valence-corrected chi connectivity index (χ4v) is 0.514. The zero-order valence-electron chi connectivity index (χ0n) is 5.68. The van der Waals surface area contributed by atoms with E-state index in [9.17, 15) is 0 Å². The van der Waals surface area contributed by atoms with Gasteiger partial charge in [0.05, 0.1) is 0 Å². The third-order valence-electron chi connectivity index (χ3n) is 0.835. The van der Waals surface area contributed by atoms with Crippen molar-refractivity contribution in [3.63, 3.8) is 0 Å². The summed E-state index contributed by atoms with van der Waals surface area (Å²) in [5.41, 5.74) is 0. The van der Waals surface area contributed by atoms with Crippen molar-refractivity contribution in [2.45, 2.75) is 6.92 Å². The van der Waals surface area contributed by atoms with E-state index in [0.717, 1.165) is 0 Å². The molecule has 0 aromatic rings. The molecule has 1 saturated heterocycles. The van der Waals surface area contributed by atoms with Crippen LogP contribution in [0.1, 0.15) is 6.92 Å². The Morgan fingerprint density at radius 2 is 1.90 bits per heavy atom. The molecule has 1 aliphatic rings. The predicted molar refractivity (Wildman–Crippen MR) is 44.6 cm³/mol. The molecule has 1 heterocycles. The van der Waals surface area contributed by atoms with Crippen LogP contribution in [0.3, 0.4) is 0 Å². The third-order valence-corrected chi connectivity index (χ3v) is 0.835. The SMILES string of the molecule is CC#CN1[B]N[B]N[B]1.[Si]. The van der Waals surface area contributed by atoms with E-state index in [1.807, 2.05) is 0 Å². The average molecular weight is 144 g/mol. The second-order valence-corrected chi connectivity index (χ2v) is 1.50. The van der Waals surface area contributed by atoms with Crippen LogP contribution in [0.5, 0.6) is 0 Å². The van der Waals surface area contributed by atoms with Crippen LogP contribution >= 0.6 is 0 Å². The van der Waals surface area contributed by atoms with Crippen molar-refractivity contribution >= 4 is 33.6 Å². The van der Waals surface area contributed by atoms with Gasteiger partial charge in [0.15, 0.2) is 0 Å². The van der Waals surface area contributed by atoms with Crippen LogP contribution in [0.4, 0.5) is 0 Å². The Balaban J connectivity index is 0.000000810. The standard InChI is InChI=1S/C3H5B3N3.Si/c1-2-3-9-5-7-4-8-6-9;/h7-8H,1H3;. The lowest BCUT2D eigenvalue weighted by Gasteiger charge is -2.20. The van der Waals surface area contributed by atoms with Crippen LogP contribution in [-0.2, 0) is 0 Å². The van der Waals surface area contributed by atoms with Crippen LogP contribution < -0.4 is 10.3 Å². The first kappa shape index (κ1) is 9.69. The van der Waals surface area contributed by atoms with Crippen LogP contribution in [0.25, 0.3) is 0 Å². The van der Waals surface area contributed by atoms with Gasteiger partial charge >= 0.3 is 15.1 Å². The van der Waals surface area contributed by atoms with Crippen molar-refractivity contribution in [3.05, 3.63) is 0 Å². The topological polar surface area (TPSA) is 27.3 Å².